The number of unbranched alkanes of at least 4 members (excludes halogenated alkanes) is 3. The van der Waals surface area contributed by atoms with Crippen LogP contribution in [0.2, 0.25) is 0 Å². The quantitative estimate of drug-likeness (QED) is 0.537. The van der Waals surface area contributed by atoms with E-state index in [9.17, 15) is 4.79 Å². The molecular weight excluding hydrogens is 274 g/mol. The molecule has 0 aliphatic heterocycles. The van der Waals surface area contributed by atoms with Crippen molar-refractivity contribution in [3.8, 4) is 0 Å². The summed E-state index contributed by atoms with van der Waals surface area (Å²) in [5.41, 5.74) is 6.12. The molecule has 0 fully saturated rings. The van der Waals surface area contributed by atoms with Crippen LogP contribution in [-0.4, -0.2) is 23.0 Å². The first-order valence-electron chi connectivity index (χ1n) is 7.28. The summed E-state index contributed by atoms with van der Waals surface area (Å²) in [6.45, 7) is 6.42. The van der Waals surface area contributed by atoms with Crippen LogP contribution >= 0.6 is 11.5 Å². The minimum Gasteiger partial charge on any atom is -0.462 e. The first-order valence-corrected chi connectivity index (χ1v) is 8.06. The fraction of sp³-hybridized carbons (Fsp3) is 0.714. The monoisotopic (exact) mass is 299 g/mol. The Labute approximate surface area is 125 Å². The molecule has 20 heavy (non-hydrogen) atoms. The van der Waals surface area contributed by atoms with Gasteiger partial charge in [0.15, 0.2) is 5.82 Å². The van der Waals surface area contributed by atoms with Gasteiger partial charge >= 0.3 is 5.97 Å². The first-order chi connectivity index (χ1) is 9.60. The van der Waals surface area contributed by atoms with Gasteiger partial charge in [-0.05, 0) is 31.8 Å². The van der Waals surface area contributed by atoms with Gasteiger partial charge in [0.2, 0.25) is 0 Å². The van der Waals surface area contributed by atoms with E-state index in [1.807, 2.05) is 0 Å². The molecule has 0 bridgehead atoms. The molecule has 0 aliphatic carbocycles. The second-order valence-corrected chi connectivity index (χ2v) is 5.66. The molecule has 5 nitrogen and oxygen atoms in total. The lowest BCUT2D eigenvalue weighted by molar-refractivity contribution is 0.0529. The molecule has 3 N–H and O–H groups in total. The van der Waals surface area contributed by atoms with Crippen LogP contribution in [0.5, 0.6) is 0 Å². The molecule has 1 rings (SSSR count). The second-order valence-electron chi connectivity index (χ2n) is 4.89. The zero-order valence-electron chi connectivity index (χ0n) is 12.6. The summed E-state index contributed by atoms with van der Waals surface area (Å²) < 4.78 is 9.05. The van der Waals surface area contributed by atoms with E-state index in [1.165, 1.54) is 37.2 Å². The van der Waals surface area contributed by atoms with Crippen molar-refractivity contribution in [2.24, 2.45) is 0 Å². The topological polar surface area (TPSA) is 77.2 Å². The molecule has 0 amide bonds. The molecule has 0 aliphatic rings. The Morgan fingerprint density at radius 2 is 2.15 bits per heavy atom. The fourth-order valence-electron chi connectivity index (χ4n) is 1.97. The SMILES string of the molecule is CCCCCCC(C)Nc1snc(N)c1C(=O)OCC. The number of nitrogen functional groups attached to an aromatic ring is 1. The number of aromatic nitrogens is 1. The number of hydrogen-bond donors (Lipinski definition) is 2. The minimum absolute atomic E-state index is 0.245. The number of esters is 1. The molecule has 1 unspecified atom stereocenters. The van der Waals surface area contributed by atoms with Crippen molar-refractivity contribution in [3.63, 3.8) is 0 Å². The van der Waals surface area contributed by atoms with Crippen LogP contribution in [0, 0.1) is 0 Å². The number of ether oxygens (including phenoxy) is 1. The number of nitrogens with two attached hydrogens (primary N) is 1. The summed E-state index contributed by atoms with van der Waals surface area (Å²) in [4.78, 5) is 11.9. The van der Waals surface area contributed by atoms with Crippen LogP contribution in [-0.2, 0) is 4.74 Å². The van der Waals surface area contributed by atoms with Gasteiger partial charge < -0.3 is 15.8 Å². The highest BCUT2D eigenvalue weighted by molar-refractivity contribution is 7.11. The van der Waals surface area contributed by atoms with Gasteiger partial charge in [0.05, 0.1) is 6.61 Å². The Balaban J connectivity index is 2.56. The van der Waals surface area contributed by atoms with Crippen molar-refractivity contribution in [1.82, 2.24) is 4.37 Å². The van der Waals surface area contributed by atoms with Gasteiger partial charge in [-0.15, -0.1) is 0 Å². The zero-order valence-corrected chi connectivity index (χ0v) is 13.4. The lowest BCUT2D eigenvalue weighted by atomic mass is 10.1. The second kappa shape index (κ2) is 8.79. The maximum Gasteiger partial charge on any atom is 0.344 e. The van der Waals surface area contributed by atoms with Crippen LogP contribution in [0.15, 0.2) is 0 Å². The molecule has 1 atom stereocenters. The average molecular weight is 299 g/mol. The van der Waals surface area contributed by atoms with E-state index in [-0.39, 0.29) is 5.82 Å². The van der Waals surface area contributed by atoms with E-state index in [1.54, 1.807) is 6.92 Å². The Bertz CT molecular complexity index is 421. The van der Waals surface area contributed by atoms with Gasteiger partial charge in [0.1, 0.15) is 10.6 Å². The van der Waals surface area contributed by atoms with E-state index in [0.717, 1.165) is 6.42 Å². The molecule has 0 saturated carbocycles. The van der Waals surface area contributed by atoms with Crippen molar-refractivity contribution < 1.29 is 9.53 Å². The zero-order chi connectivity index (χ0) is 15.0. The number of nitrogens with one attached hydrogen (secondary N) is 1. The lowest BCUT2D eigenvalue weighted by Crippen LogP contribution is -2.17. The highest BCUT2D eigenvalue weighted by atomic mass is 32.1. The van der Waals surface area contributed by atoms with Crippen LogP contribution in [0.4, 0.5) is 10.8 Å². The standard InChI is InChI=1S/C14H25N3O2S/c1-4-6-7-8-9-10(3)16-13-11(12(15)17-20-13)14(18)19-5-2/h10,16H,4-9H2,1-3H3,(H2,15,17). The summed E-state index contributed by atoms with van der Waals surface area (Å²) in [7, 11) is 0. The number of carbonyl (C=O) groups is 1. The Morgan fingerprint density at radius 1 is 1.40 bits per heavy atom. The van der Waals surface area contributed by atoms with Gasteiger partial charge in [-0.1, -0.05) is 32.6 Å². The first kappa shape index (κ1) is 16.8. The molecule has 0 saturated heterocycles. The van der Waals surface area contributed by atoms with Crippen LogP contribution < -0.4 is 11.1 Å². The number of rotatable bonds is 9. The van der Waals surface area contributed by atoms with E-state index >= 15 is 0 Å². The van der Waals surface area contributed by atoms with E-state index in [0.29, 0.717) is 23.2 Å². The normalized spacial score (nSPS) is 12.2. The maximum atomic E-state index is 11.9. The molecule has 1 heterocycles. The molecule has 0 radical (unpaired) electrons. The van der Waals surface area contributed by atoms with Gasteiger partial charge in [-0.3, -0.25) is 0 Å². The Kier molecular flexibility index (Phi) is 7.36. The Hall–Kier alpha value is -1.30. The predicted molar refractivity (Wildman–Crippen MR) is 84.3 cm³/mol. The fourth-order valence-corrected chi connectivity index (χ4v) is 2.79. The lowest BCUT2D eigenvalue weighted by Gasteiger charge is -2.14. The van der Waals surface area contributed by atoms with Gasteiger partial charge in [0.25, 0.3) is 0 Å². The molecule has 0 aromatic carbocycles. The molecular formula is C14H25N3O2S. The number of nitrogens with zero attached hydrogens (tertiary/aromatic N) is 1. The third-order valence-corrected chi connectivity index (χ3v) is 3.86. The molecule has 114 valence electrons. The van der Waals surface area contributed by atoms with Crippen molar-refractivity contribution in [1.29, 1.82) is 0 Å². The smallest absolute Gasteiger partial charge is 0.344 e. The van der Waals surface area contributed by atoms with Gasteiger partial charge in [0, 0.05) is 6.04 Å². The highest BCUT2D eigenvalue weighted by Crippen LogP contribution is 2.28. The van der Waals surface area contributed by atoms with E-state index in [2.05, 4.69) is 23.5 Å². The molecule has 1 aromatic rings. The van der Waals surface area contributed by atoms with Crippen molar-refractivity contribution in [2.45, 2.75) is 58.9 Å². The van der Waals surface area contributed by atoms with Crippen molar-refractivity contribution >= 4 is 28.3 Å². The molecule has 6 heteroatoms. The summed E-state index contributed by atoms with van der Waals surface area (Å²) >= 11 is 1.22. The highest BCUT2D eigenvalue weighted by Gasteiger charge is 2.21. The van der Waals surface area contributed by atoms with E-state index < -0.39 is 5.97 Å². The minimum atomic E-state index is -0.403. The van der Waals surface area contributed by atoms with Gasteiger partial charge in [-0.2, -0.15) is 4.37 Å². The summed E-state index contributed by atoms with van der Waals surface area (Å²) in [5, 5.41) is 4.03. The third-order valence-electron chi connectivity index (χ3n) is 3.07. The summed E-state index contributed by atoms with van der Waals surface area (Å²) in [5.74, 6) is -0.159. The number of anilines is 2. The van der Waals surface area contributed by atoms with Crippen LogP contribution in [0.25, 0.3) is 0 Å². The molecule has 0 spiro atoms. The van der Waals surface area contributed by atoms with Crippen molar-refractivity contribution in [3.05, 3.63) is 5.56 Å². The average Bonchev–Trinajstić information content (AvgIpc) is 2.76. The predicted octanol–water partition coefficient (Wildman–Crippen LogP) is 3.67. The third kappa shape index (κ3) is 5.00. The number of hydrogen-bond acceptors (Lipinski definition) is 6. The summed E-state index contributed by atoms with van der Waals surface area (Å²) in [6, 6.07) is 0.292. The Morgan fingerprint density at radius 3 is 2.80 bits per heavy atom. The van der Waals surface area contributed by atoms with Crippen LogP contribution in [0.1, 0.15) is 63.2 Å². The van der Waals surface area contributed by atoms with Crippen molar-refractivity contribution in [2.75, 3.05) is 17.7 Å². The van der Waals surface area contributed by atoms with Gasteiger partial charge in [-0.25, -0.2) is 4.79 Å². The molecule has 1 aromatic heterocycles. The van der Waals surface area contributed by atoms with E-state index in [4.69, 9.17) is 10.5 Å². The summed E-state index contributed by atoms with van der Waals surface area (Å²) in [6.07, 6.45) is 6.01. The maximum absolute atomic E-state index is 11.9. The number of carbonyl (C=O) groups excluding carboxylic acids is 1. The van der Waals surface area contributed by atoms with Crippen LogP contribution in [0.3, 0.4) is 0 Å². The largest absolute Gasteiger partial charge is 0.462 e.